The summed E-state index contributed by atoms with van der Waals surface area (Å²) < 4.78 is 7.47. The molecule has 2 aromatic rings. The Morgan fingerprint density at radius 3 is 2.96 bits per heavy atom. The Labute approximate surface area is 136 Å². The van der Waals surface area contributed by atoms with Gasteiger partial charge in [-0.15, -0.1) is 0 Å². The fourth-order valence-electron chi connectivity index (χ4n) is 2.92. The number of hydrogen-bond donors (Lipinski definition) is 1. The van der Waals surface area contributed by atoms with Crippen molar-refractivity contribution < 1.29 is 9.53 Å². The minimum Gasteiger partial charge on any atom is -0.493 e. The van der Waals surface area contributed by atoms with Crippen molar-refractivity contribution in [2.45, 2.75) is 33.7 Å². The van der Waals surface area contributed by atoms with Crippen LogP contribution in [0.4, 0.5) is 0 Å². The van der Waals surface area contributed by atoms with Gasteiger partial charge >= 0.3 is 0 Å². The van der Waals surface area contributed by atoms with E-state index in [-0.39, 0.29) is 5.91 Å². The van der Waals surface area contributed by atoms with Crippen molar-refractivity contribution in [3.8, 4) is 5.75 Å². The smallest absolute Gasteiger partial charge is 0.251 e. The second-order valence-corrected chi connectivity index (χ2v) is 6.35. The lowest BCUT2D eigenvalue weighted by Gasteiger charge is -2.14. The average Bonchev–Trinajstić information content (AvgIpc) is 3.10. The van der Waals surface area contributed by atoms with Crippen molar-refractivity contribution in [2.24, 2.45) is 5.92 Å². The van der Waals surface area contributed by atoms with E-state index in [1.165, 1.54) is 0 Å². The molecule has 0 saturated carbocycles. The number of ether oxygens (including phenoxy) is 1. The lowest BCUT2D eigenvalue weighted by Crippen LogP contribution is -2.30. The number of carbonyl (C=O) groups is 1. The molecule has 0 fully saturated rings. The van der Waals surface area contributed by atoms with Crippen molar-refractivity contribution in [1.82, 2.24) is 15.1 Å². The van der Waals surface area contributed by atoms with Crippen LogP contribution in [0.5, 0.6) is 5.75 Å². The van der Waals surface area contributed by atoms with Crippen LogP contribution >= 0.6 is 0 Å². The van der Waals surface area contributed by atoms with Crippen LogP contribution in [0.1, 0.15) is 34.2 Å². The van der Waals surface area contributed by atoms with E-state index in [1.807, 2.05) is 29.8 Å². The molecule has 122 valence electrons. The Kier molecular flexibility index (Phi) is 4.37. The van der Waals surface area contributed by atoms with Crippen LogP contribution in [0.25, 0.3) is 0 Å². The Morgan fingerprint density at radius 2 is 2.22 bits per heavy atom. The monoisotopic (exact) mass is 313 g/mol. The Hall–Kier alpha value is -2.30. The molecule has 5 heteroatoms. The molecule has 23 heavy (non-hydrogen) atoms. The molecule has 1 aromatic carbocycles. The van der Waals surface area contributed by atoms with Gasteiger partial charge < -0.3 is 10.1 Å². The predicted molar refractivity (Wildman–Crippen MR) is 88.8 cm³/mol. The van der Waals surface area contributed by atoms with Crippen LogP contribution in [0.15, 0.2) is 24.3 Å². The van der Waals surface area contributed by atoms with Crippen molar-refractivity contribution >= 4 is 5.91 Å². The third-order valence-corrected chi connectivity index (χ3v) is 4.15. The number of amides is 1. The molecule has 2 heterocycles. The molecule has 3 rings (SSSR count). The molecule has 1 aliphatic heterocycles. The van der Waals surface area contributed by atoms with Gasteiger partial charge in [-0.1, -0.05) is 6.92 Å². The quantitative estimate of drug-likeness (QED) is 0.923. The number of fused-ring (bicyclic) bond motifs is 1. The van der Waals surface area contributed by atoms with E-state index in [1.54, 1.807) is 0 Å². The number of nitrogens with one attached hydrogen (secondary N) is 1. The van der Waals surface area contributed by atoms with E-state index in [4.69, 9.17) is 4.74 Å². The van der Waals surface area contributed by atoms with Gasteiger partial charge in [-0.2, -0.15) is 5.10 Å². The molecule has 0 bridgehead atoms. The zero-order chi connectivity index (χ0) is 16.4. The highest BCUT2D eigenvalue weighted by atomic mass is 16.5. The van der Waals surface area contributed by atoms with Gasteiger partial charge in [0.05, 0.1) is 12.3 Å². The van der Waals surface area contributed by atoms with Gasteiger partial charge in [0, 0.05) is 30.8 Å². The van der Waals surface area contributed by atoms with Gasteiger partial charge in [0.15, 0.2) is 0 Å². The van der Waals surface area contributed by atoms with Gasteiger partial charge in [-0.3, -0.25) is 9.48 Å². The van der Waals surface area contributed by atoms with E-state index in [2.05, 4.69) is 30.3 Å². The summed E-state index contributed by atoms with van der Waals surface area (Å²) in [6, 6.07) is 7.71. The average molecular weight is 313 g/mol. The Morgan fingerprint density at radius 1 is 1.39 bits per heavy atom. The highest BCUT2D eigenvalue weighted by Crippen LogP contribution is 2.25. The minimum atomic E-state index is -0.0279. The summed E-state index contributed by atoms with van der Waals surface area (Å²) in [6.45, 7) is 8.31. The molecule has 0 saturated heterocycles. The number of aryl methyl sites for hydroxylation is 2. The van der Waals surface area contributed by atoms with E-state index in [9.17, 15) is 4.79 Å². The third-order valence-electron chi connectivity index (χ3n) is 4.15. The van der Waals surface area contributed by atoms with Crippen LogP contribution in [0.2, 0.25) is 0 Å². The standard InChI is InChI=1S/C18H23N3O2/c1-12(11-21-14(3)8-13(2)20-21)10-19-18(22)16-4-5-17-15(9-16)6-7-23-17/h4-5,8-9,12H,6-7,10-11H2,1-3H3,(H,19,22)/t12-/m1/s1. The molecule has 1 aromatic heterocycles. The molecule has 0 spiro atoms. The van der Waals surface area contributed by atoms with Crippen LogP contribution in [0, 0.1) is 19.8 Å². The van der Waals surface area contributed by atoms with Gasteiger partial charge in [0.25, 0.3) is 5.91 Å². The van der Waals surface area contributed by atoms with Gasteiger partial charge in [0.2, 0.25) is 0 Å². The summed E-state index contributed by atoms with van der Waals surface area (Å²) in [5.74, 6) is 1.19. The molecule has 1 aliphatic rings. The van der Waals surface area contributed by atoms with Crippen LogP contribution < -0.4 is 10.1 Å². The summed E-state index contributed by atoms with van der Waals surface area (Å²) >= 11 is 0. The number of carbonyl (C=O) groups excluding carboxylic acids is 1. The van der Waals surface area contributed by atoms with Gasteiger partial charge in [0.1, 0.15) is 5.75 Å². The summed E-state index contributed by atoms with van der Waals surface area (Å²) in [4.78, 5) is 12.3. The van der Waals surface area contributed by atoms with Crippen molar-refractivity contribution in [2.75, 3.05) is 13.2 Å². The highest BCUT2D eigenvalue weighted by molar-refractivity contribution is 5.94. The van der Waals surface area contributed by atoms with Crippen molar-refractivity contribution in [1.29, 1.82) is 0 Å². The summed E-state index contributed by atoms with van der Waals surface area (Å²) in [5.41, 5.74) is 4.00. The lowest BCUT2D eigenvalue weighted by atomic mass is 10.1. The second-order valence-electron chi connectivity index (χ2n) is 6.35. The van der Waals surface area contributed by atoms with Crippen molar-refractivity contribution in [3.05, 3.63) is 46.8 Å². The molecule has 0 radical (unpaired) electrons. The molecule has 5 nitrogen and oxygen atoms in total. The first-order valence-corrected chi connectivity index (χ1v) is 8.08. The molecule has 0 aliphatic carbocycles. The molecule has 1 atom stereocenters. The molecular weight excluding hydrogens is 290 g/mol. The van der Waals surface area contributed by atoms with Crippen LogP contribution in [-0.4, -0.2) is 28.8 Å². The normalized spacial score (nSPS) is 14.2. The number of benzene rings is 1. The first-order valence-electron chi connectivity index (χ1n) is 8.08. The Balaban J connectivity index is 1.55. The molecule has 1 N–H and O–H groups in total. The largest absolute Gasteiger partial charge is 0.493 e. The van der Waals surface area contributed by atoms with Gasteiger partial charge in [-0.05, 0) is 49.6 Å². The maximum Gasteiger partial charge on any atom is 0.251 e. The molecular formula is C18H23N3O2. The highest BCUT2D eigenvalue weighted by Gasteiger charge is 2.15. The maximum atomic E-state index is 12.3. The molecule has 1 amide bonds. The van der Waals surface area contributed by atoms with Crippen LogP contribution in [-0.2, 0) is 13.0 Å². The first-order chi connectivity index (χ1) is 11.0. The summed E-state index contributed by atoms with van der Waals surface area (Å²) in [7, 11) is 0. The van der Waals surface area contributed by atoms with E-state index >= 15 is 0 Å². The van der Waals surface area contributed by atoms with Crippen LogP contribution in [0.3, 0.4) is 0 Å². The first kappa shape index (κ1) is 15.6. The topological polar surface area (TPSA) is 56.2 Å². The van der Waals surface area contributed by atoms with Gasteiger partial charge in [-0.25, -0.2) is 0 Å². The van der Waals surface area contributed by atoms with E-state index in [0.717, 1.165) is 35.7 Å². The number of nitrogens with zero attached hydrogens (tertiary/aromatic N) is 2. The minimum absolute atomic E-state index is 0.0279. The van der Waals surface area contributed by atoms with Crippen molar-refractivity contribution in [3.63, 3.8) is 0 Å². The maximum absolute atomic E-state index is 12.3. The fourth-order valence-corrected chi connectivity index (χ4v) is 2.92. The van der Waals surface area contributed by atoms with E-state index in [0.29, 0.717) is 24.6 Å². The lowest BCUT2D eigenvalue weighted by molar-refractivity contribution is 0.0946. The fraction of sp³-hybridized carbons (Fsp3) is 0.444. The van der Waals surface area contributed by atoms with E-state index < -0.39 is 0 Å². The number of rotatable bonds is 5. The number of hydrogen-bond acceptors (Lipinski definition) is 3. The number of aromatic nitrogens is 2. The predicted octanol–water partition coefficient (Wildman–Crippen LogP) is 2.50. The SMILES string of the molecule is Cc1cc(C)n(C[C@H](C)CNC(=O)c2ccc3c(c2)CCO3)n1. The third kappa shape index (κ3) is 3.55. The summed E-state index contributed by atoms with van der Waals surface area (Å²) in [5, 5.41) is 7.48. The second kappa shape index (κ2) is 6.44. The Bertz CT molecular complexity index is 721. The zero-order valence-electron chi connectivity index (χ0n) is 13.9. The summed E-state index contributed by atoms with van der Waals surface area (Å²) in [6.07, 6.45) is 0.880. The molecule has 0 unspecified atom stereocenters. The zero-order valence-corrected chi connectivity index (χ0v) is 13.9.